The van der Waals surface area contributed by atoms with Crippen LogP contribution in [0.4, 0.5) is 4.39 Å². The first-order chi connectivity index (χ1) is 29.6. The molecule has 0 fully saturated rings. The van der Waals surface area contributed by atoms with Gasteiger partial charge in [-0.05, 0) is 69.4 Å². The second kappa shape index (κ2) is 18.3. The zero-order valence-corrected chi connectivity index (χ0v) is 39.6. The first kappa shape index (κ1) is 42.8. The molecule has 0 spiro atoms. The van der Waals surface area contributed by atoms with E-state index in [4.69, 9.17) is 4.98 Å². The Balaban J connectivity index is 0.000000214. The van der Waals surface area contributed by atoms with E-state index in [1.54, 1.807) is 17.4 Å². The molecule has 0 unspecified atom stereocenters. The molecule has 0 aliphatic carbocycles. The van der Waals surface area contributed by atoms with Crippen molar-refractivity contribution in [1.29, 1.82) is 0 Å². The van der Waals surface area contributed by atoms with Crippen LogP contribution in [-0.4, -0.2) is 22.6 Å². The van der Waals surface area contributed by atoms with Gasteiger partial charge in [0.05, 0.1) is 30.6 Å². The fraction of sp³-hybridized carbons (Fsp3) is 0.127. The minimum atomic E-state index is -1.34. The summed E-state index contributed by atoms with van der Waals surface area (Å²) in [7, 11) is -1.34. The molecule has 0 aliphatic rings. The summed E-state index contributed by atoms with van der Waals surface area (Å²) in [5.74, 6) is 1.24. The molecule has 3 heterocycles. The van der Waals surface area contributed by atoms with Crippen LogP contribution in [0, 0.1) is 23.2 Å². The van der Waals surface area contributed by atoms with E-state index >= 15 is 0 Å². The number of imidazole rings is 1. The summed E-state index contributed by atoms with van der Waals surface area (Å²) in [6, 6.07) is 58.5. The van der Waals surface area contributed by atoms with E-state index in [1.165, 1.54) is 16.8 Å². The molecular formula is C55H46FIrN3SSi-2. The van der Waals surface area contributed by atoms with E-state index in [1.807, 2.05) is 42.5 Å². The van der Waals surface area contributed by atoms with Crippen LogP contribution in [0.15, 0.2) is 170 Å². The Morgan fingerprint density at radius 2 is 1.39 bits per heavy atom. The number of thiophene rings is 1. The number of fused-ring (bicyclic) bond motifs is 3. The third-order valence-electron chi connectivity index (χ3n) is 11.1. The van der Waals surface area contributed by atoms with Crippen LogP contribution in [0.1, 0.15) is 19.4 Å². The molecule has 0 atom stereocenters. The van der Waals surface area contributed by atoms with E-state index in [2.05, 4.69) is 170 Å². The van der Waals surface area contributed by atoms with Crippen LogP contribution in [0.3, 0.4) is 0 Å². The van der Waals surface area contributed by atoms with Crippen LogP contribution in [0.2, 0.25) is 19.6 Å². The van der Waals surface area contributed by atoms with Gasteiger partial charge < -0.3 is 9.55 Å². The normalized spacial score (nSPS) is 11.5. The van der Waals surface area contributed by atoms with E-state index in [9.17, 15) is 4.39 Å². The number of benzene rings is 7. The van der Waals surface area contributed by atoms with Gasteiger partial charge >= 0.3 is 0 Å². The number of pyridine rings is 1. The Bertz CT molecular complexity index is 3080. The molecule has 3 aromatic heterocycles. The smallest absolute Gasteiger partial charge is 0.123 e. The molecule has 0 N–H and O–H groups in total. The van der Waals surface area contributed by atoms with Crippen LogP contribution in [0.25, 0.3) is 82.5 Å². The van der Waals surface area contributed by atoms with Crippen LogP contribution >= 0.6 is 11.3 Å². The number of nitrogens with zero attached hydrogens (tertiary/aromatic N) is 3. The third-order valence-corrected chi connectivity index (χ3v) is 14.0. The molecule has 0 amide bonds. The standard InChI is InChI=1S/C37H22FN2S.C18H24NSi.Ir/c38-28-19-18-26-22-35-31(21-27(26)20-28)32(23-41-35)37-39-33-16-7-8-17-34(33)40(37)36-29(24-10-3-1-4-11-24)14-9-15-30(36)25-12-5-2-6-13-25;1-14(2)11-16-12-17(15-9-7-6-8-10-15)19-13-18(16)20(3,4)5;/h1-22H;6-9,12-14H,11H2,1-5H3;/q2*-1;. The quantitative estimate of drug-likeness (QED) is 0.112. The van der Waals surface area contributed by atoms with E-state index in [0.717, 1.165) is 88.9 Å². The average molecular weight is 1020 g/mol. The summed E-state index contributed by atoms with van der Waals surface area (Å²) in [4.78, 5) is 9.90. The van der Waals surface area contributed by atoms with Gasteiger partial charge in [0, 0.05) is 37.4 Å². The molecule has 10 aromatic rings. The number of rotatable bonds is 8. The van der Waals surface area contributed by atoms with Gasteiger partial charge in [-0.1, -0.05) is 170 Å². The third kappa shape index (κ3) is 8.77. The maximum Gasteiger partial charge on any atom is 0.123 e. The van der Waals surface area contributed by atoms with Gasteiger partial charge in [-0.15, -0.1) is 41.3 Å². The van der Waals surface area contributed by atoms with Crippen molar-refractivity contribution in [1.82, 2.24) is 14.5 Å². The topological polar surface area (TPSA) is 30.7 Å². The Labute approximate surface area is 382 Å². The molecule has 3 nitrogen and oxygen atoms in total. The summed E-state index contributed by atoms with van der Waals surface area (Å²) >= 11 is 1.57. The maximum atomic E-state index is 14.2. The monoisotopic (exact) mass is 1020 g/mol. The average Bonchev–Trinajstić information content (AvgIpc) is 3.86. The minimum absolute atomic E-state index is 0. The van der Waals surface area contributed by atoms with Crippen molar-refractivity contribution in [3.63, 3.8) is 0 Å². The van der Waals surface area contributed by atoms with E-state index in [0.29, 0.717) is 5.92 Å². The van der Waals surface area contributed by atoms with Crippen molar-refractivity contribution in [3.05, 3.63) is 193 Å². The van der Waals surface area contributed by atoms with E-state index in [-0.39, 0.29) is 25.9 Å². The minimum Gasteiger partial charge on any atom is -0.332 e. The number of halogens is 1. The van der Waals surface area contributed by atoms with Crippen molar-refractivity contribution in [2.24, 2.45) is 5.92 Å². The van der Waals surface area contributed by atoms with Gasteiger partial charge in [-0.3, -0.25) is 16.3 Å². The SMILES string of the molecule is CC(C)Cc1cc(-c2[c-]cccc2)ncc1[Si](C)(C)C.Fc1ccc2cc3s[c-]c(-c4nc5ccccc5n4-c4c(-c5ccccc5)cccc4-c4ccccc4)c3cc2c1.[Ir]. The van der Waals surface area contributed by atoms with Gasteiger partial charge in [0.2, 0.25) is 0 Å². The molecule has 62 heavy (non-hydrogen) atoms. The fourth-order valence-electron chi connectivity index (χ4n) is 8.24. The van der Waals surface area contributed by atoms with Gasteiger partial charge in [0.15, 0.2) is 0 Å². The first-order valence-corrected chi connectivity index (χ1v) is 25.2. The number of para-hydroxylation sites is 3. The molecule has 309 valence electrons. The summed E-state index contributed by atoms with van der Waals surface area (Å²) in [6.45, 7) is 11.7. The van der Waals surface area contributed by atoms with Crippen molar-refractivity contribution < 1.29 is 24.5 Å². The zero-order valence-electron chi connectivity index (χ0n) is 35.4. The van der Waals surface area contributed by atoms with Crippen molar-refractivity contribution in [2.75, 3.05) is 0 Å². The fourth-order valence-corrected chi connectivity index (χ4v) is 10.7. The van der Waals surface area contributed by atoms with Crippen molar-refractivity contribution in [3.8, 4) is 50.6 Å². The van der Waals surface area contributed by atoms with Crippen LogP contribution in [0.5, 0.6) is 0 Å². The largest absolute Gasteiger partial charge is 0.332 e. The van der Waals surface area contributed by atoms with Crippen molar-refractivity contribution >= 4 is 56.5 Å². The number of hydrogen-bond donors (Lipinski definition) is 0. The second-order valence-electron chi connectivity index (χ2n) is 17.0. The summed E-state index contributed by atoms with van der Waals surface area (Å²) in [6.07, 6.45) is 3.24. The molecule has 0 aliphatic heterocycles. The molecule has 0 saturated carbocycles. The summed E-state index contributed by atoms with van der Waals surface area (Å²) in [5, 5.41) is 7.95. The molecule has 0 bridgehead atoms. The van der Waals surface area contributed by atoms with Gasteiger partial charge in [-0.25, -0.2) is 4.39 Å². The van der Waals surface area contributed by atoms with Gasteiger partial charge in [0.1, 0.15) is 5.82 Å². The molecule has 0 saturated heterocycles. The molecule has 10 rings (SSSR count). The first-order valence-electron chi connectivity index (χ1n) is 20.8. The Morgan fingerprint density at radius 3 is 2.05 bits per heavy atom. The maximum absolute atomic E-state index is 14.2. The molecule has 7 aromatic carbocycles. The predicted molar refractivity (Wildman–Crippen MR) is 259 cm³/mol. The zero-order chi connectivity index (χ0) is 42.1. The molecule has 7 heteroatoms. The van der Waals surface area contributed by atoms with Crippen LogP contribution in [-0.2, 0) is 26.5 Å². The Morgan fingerprint density at radius 1 is 0.710 bits per heavy atom. The van der Waals surface area contributed by atoms with Gasteiger partial charge in [-0.2, -0.15) is 0 Å². The Hall–Kier alpha value is -5.82. The summed E-state index contributed by atoms with van der Waals surface area (Å²) < 4.78 is 17.6. The van der Waals surface area contributed by atoms with E-state index < -0.39 is 8.07 Å². The number of hydrogen-bond acceptors (Lipinski definition) is 3. The summed E-state index contributed by atoms with van der Waals surface area (Å²) in [5.41, 5.74) is 12.0. The van der Waals surface area contributed by atoms with Gasteiger partial charge in [0.25, 0.3) is 0 Å². The molecule has 1 radical (unpaired) electrons. The second-order valence-corrected chi connectivity index (χ2v) is 22.8. The van der Waals surface area contributed by atoms with Crippen LogP contribution < -0.4 is 5.19 Å². The Kier molecular flexibility index (Phi) is 12.6. The molecular weight excluding hydrogens is 974 g/mol. The van der Waals surface area contributed by atoms with Crippen molar-refractivity contribution in [2.45, 2.75) is 39.9 Å². The predicted octanol–water partition coefficient (Wildman–Crippen LogP) is 14.6. The number of aromatic nitrogens is 3.